The zero-order valence-corrected chi connectivity index (χ0v) is 19.7. The maximum absolute atomic E-state index is 13.0. The van der Waals surface area contributed by atoms with Crippen molar-refractivity contribution in [2.24, 2.45) is 28.6 Å². The SMILES string of the molecule is COC(=O)[C@H]1C[C@]2(C)C[C@H]3C(=O)C(C)(C)C[C@H]3C[C@]12O[Si](C)(C)C(C)(C)C. The van der Waals surface area contributed by atoms with Crippen LogP contribution in [0, 0.1) is 28.6 Å². The fraction of sp³-hybridized carbons (Fsp3) is 0.909. The number of ether oxygens (including phenoxy) is 1. The molecule has 27 heavy (non-hydrogen) atoms. The fourth-order valence-corrected chi connectivity index (χ4v) is 7.63. The number of rotatable bonds is 3. The second kappa shape index (κ2) is 5.91. The number of ketones is 1. The third kappa shape index (κ3) is 2.86. The van der Waals surface area contributed by atoms with Gasteiger partial charge in [0.25, 0.3) is 0 Å². The van der Waals surface area contributed by atoms with E-state index in [2.05, 4.69) is 54.6 Å². The van der Waals surface area contributed by atoms with Gasteiger partial charge in [-0.2, -0.15) is 0 Å². The molecule has 0 N–H and O–H groups in total. The smallest absolute Gasteiger partial charge is 0.311 e. The Morgan fingerprint density at radius 3 is 2.19 bits per heavy atom. The summed E-state index contributed by atoms with van der Waals surface area (Å²) in [5.74, 6) is 0.503. The molecule has 0 radical (unpaired) electrons. The molecule has 0 aromatic rings. The molecule has 3 aliphatic rings. The Hall–Kier alpha value is -0.683. The van der Waals surface area contributed by atoms with Gasteiger partial charge in [-0.3, -0.25) is 9.59 Å². The minimum atomic E-state index is -2.09. The maximum Gasteiger partial charge on any atom is 0.311 e. The average molecular weight is 395 g/mol. The topological polar surface area (TPSA) is 52.6 Å². The summed E-state index contributed by atoms with van der Waals surface area (Å²) in [6, 6.07) is 0. The van der Waals surface area contributed by atoms with E-state index in [0.29, 0.717) is 11.7 Å². The van der Waals surface area contributed by atoms with E-state index in [-0.39, 0.29) is 33.7 Å². The third-order valence-electron chi connectivity index (χ3n) is 8.55. The number of methoxy groups -OCH3 is 1. The Balaban J connectivity index is 2.02. The highest BCUT2D eigenvalue weighted by Gasteiger charge is 2.73. The summed E-state index contributed by atoms with van der Waals surface area (Å²) in [7, 11) is -0.614. The number of carbonyl (C=O) groups excluding carboxylic acids is 2. The van der Waals surface area contributed by atoms with Gasteiger partial charge in [0.2, 0.25) is 0 Å². The van der Waals surface area contributed by atoms with E-state index in [1.807, 2.05) is 0 Å². The van der Waals surface area contributed by atoms with Gasteiger partial charge in [0, 0.05) is 11.3 Å². The lowest BCUT2D eigenvalue weighted by Gasteiger charge is -2.68. The quantitative estimate of drug-likeness (QED) is 0.501. The van der Waals surface area contributed by atoms with Crippen LogP contribution in [0.5, 0.6) is 0 Å². The molecule has 0 aromatic carbocycles. The van der Waals surface area contributed by atoms with Gasteiger partial charge in [0.15, 0.2) is 8.32 Å². The summed E-state index contributed by atoms with van der Waals surface area (Å²) in [6.07, 6.45) is 3.34. The van der Waals surface area contributed by atoms with Crippen molar-refractivity contribution >= 4 is 20.1 Å². The summed E-state index contributed by atoms with van der Waals surface area (Å²) in [5, 5.41) is 0.0700. The number of hydrogen-bond acceptors (Lipinski definition) is 4. The molecule has 3 saturated carbocycles. The van der Waals surface area contributed by atoms with E-state index in [9.17, 15) is 9.59 Å². The van der Waals surface area contributed by atoms with Crippen molar-refractivity contribution in [3.05, 3.63) is 0 Å². The predicted molar refractivity (Wildman–Crippen MR) is 109 cm³/mol. The normalized spacial score (nSPS) is 40.8. The maximum atomic E-state index is 13.0. The first-order valence-electron chi connectivity index (χ1n) is 10.4. The average Bonchev–Trinajstić information content (AvgIpc) is 2.72. The van der Waals surface area contributed by atoms with Crippen molar-refractivity contribution in [3.63, 3.8) is 0 Å². The molecule has 0 unspecified atom stereocenters. The van der Waals surface area contributed by atoms with Crippen LogP contribution in [0.15, 0.2) is 0 Å². The van der Waals surface area contributed by atoms with Crippen molar-refractivity contribution in [2.75, 3.05) is 7.11 Å². The molecule has 0 bridgehead atoms. The van der Waals surface area contributed by atoms with Crippen LogP contribution in [0.2, 0.25) is 18.1 Å². The monoisotopic (exact) mass is 394 g/mol. The van der Waals surface area contributed by atoms with Gasteiger partial charge in [-0.1, -0.05) is 41.5 Å². The number of esters is 1. The van der Waals surface area contributed by atoms with E-state index in [0.717, 1.165) is 25.7 Å². The van der Waals surface area contributed by atoms with Crippen molar-refractivity contribution in [3.8, 4) is 0 Å². The van der Waals surface area contributed by atoms with Gasteiger partial charge in [0.1, 0.15) is 5.78 Å². The fourth-order valence-electron chi connectivity index (χ4n) is 5.95. The van der Waals surface area contributed by atoms with Crippen molar-refractivity contribution in [2.45, 2.75) is 91.0 Å². The van der Waals surface area contributed by atoms with Crippen LogP contribution < -0.4 is 0 Å². The summed E-state index contributed by atoms with van der Waals surface area (Å²) in [6.45, 7) is 17.7. The number of hydrogen-bond donors (Lipinski definition) is 0. The number of fused-ring (bicyclic) bond motifs is 2. The molecule has 3 fully saturated rings. The molecule has 4 nitrogen and oxygen atoms in total. The molecule has 0 spiro atoms. The van der Waals surface area contributed by atoms with Gasteiger partial charge in [-0.05, 0) is 55.1 Å². The Kier molecular flexibility index (Phi) is 4.61. The summed E-state index contributed by atoms with van der Waals surface area (Å²) in [5.41, 5.74) is -0.863. The van der Waals surface area contributed by atoms with Crippen LogP contribution in [-0.2, 0) is 18.8 Å². The van der Waals surface area contributed by atoms with Crippen LogP contribution in [0.25, 0.3) is 0 Å². The largest absolute Gasteiger partial charge is 0.469 e. The molecule has 0 amide bonds. The molecule has 3 aliphatic carbocycles. The first-order chi connectivity index (χ1) is 12.1. The zero-order chi connectivity index (χ0) is 20.6. The minimum Gasteiger partial charge on any atom is -0.469 e. The molecule has 0 heterocycles. The van der Waals surface area contributed by atoms with E-state index < -0.39 is 13.9 Å². The third-order valence-corrected chi connectivity index (χ3v) is 13.0. The summed E-state index contributed by atoms with van der Waals surface area (Å²) >= 11 is 0. The molecular formula is C22H38O4Si. The van der Waals surface area contributed by atoms with Gasteiger partial charge in [-0.15, -0.1) is 0 Å². The molecule has 0 aromatic heterocycles. The molecular weight excluding hydrogens is 356 g/mol. The van der Waals surface area contributed by atoms with E-state index >= 15 is 0 Å². The molecule has 0 aliphatic heterocycles. The molecule has 5 atom stereocenters. The lowest BCUT2D eigenvalue weighted by molar-refractivity contribution is -0.241. The molecule has 5 heteroatoms. The van der Waals surface area contributed by atoms with E-state index in [4.69, 9.17) is 9.16 Å². The molecule has 3 rings (SSSR count). The predicted octanol–water partition coefficient (Wildman–Crippen LogP) is 4.97. The van der Waals surface area contributed by atoms with Crippen molar-refractivity contribution < 1.29 is 18.8 Å². The number of Topliss-reactive ketones (excluding diaryl/α,β-unsaturated/α-hetero) is 1. The van der Waals surface area contributed by atoms with Crippen LogP contribution >= 0.6 is 0 Å². The van der Waals surface area contributed by atoms with Crippen molar-refractivity contribution in [1.82, 2.24) is 0 Å². The van der Waals surface area contributed by atoms with Gasteiger partial charge >= 0.3 is 5.97 Å². The van der Waals surface area contributed by atoms with Crippen LogP contribution in [0.1, 0.15) is 67.2 Å². The van der Waals surface area contributed by atoms with Crippen LogP contribution in [0.4, 0.5) is 0 Å². The van der Waals surface area contributed by atoms with Crippen molar-refractivity contribution in [1.29, 1.82) is 0 Å². The molecule has 154 valence electrons. The Bertz CT molecular complexity index is 662. The highest BCUT2D eigenvalue weighted by Crippen LogP contribution is 2.70. The Labute approximate surface area is 165 Å². The summed E-state index contributed by atoms with van der Waals surface area (Å²) in [4.78, 5) is 25.6. The van der Waals surface area contributed by atoms with E-state index in [1.165, 1.54) is 7.11 Å². The van der Waals surface area contributed by atoms with Gasteiger partial charge in [-0.25, -0.2) is 0 Å². The standard InChI is InChI=1S/C22H38O4Si/c1-19(2,3)27(8,9)26-22-11-14-10-20(4,5)17(23)15(14)12-21(22,6)13-16(22)18(24)25-7/h14-16H,10-13H2,1-9H3/t14-,15+,16+,21-,22-/m0/s1. The second-order valence-corrected chi connectivity index (χ2v) is 16.5. The Morgan fingerprint density at radius 2 is 1.67 bits per heavy atom. The lowest BCUT2D eigenvalue weighted by atomic mass is 9.43. The van der Waals surface area contributed by atoms with E-state index in [1.54, 1.807) is 0 Å². The van der Waals surface area contributed by atoms with Gasteiger partial charge in [0.05, 0.1) is 18.6 Å². The zero-order valence-electron chi connectivity index (χ0n) is 18.7. The van der Waals surface area contributed by atoms with Crippen LogP contribution in [0.3, 0.4) is 0 Å². The van der Waals surface area contributed by atoms with Crippen LogP contribution in [-0.4, -0.2) is 32.8 Å². The minimum absolute atomic E-state index is 0.0700. The van der Waals surface area contributed by atoms with Gasteiger partial charge < -0.3 is 9.16 Å². The second-order valence-electron chi connectivity index (χ2n) is 11.8. The first-order valence-corrected chi connectivity index (χ1v) is 13.3. The number of carbonyl (C=O) groups is 2. The summed E-state index contributed by atoms with van der Waals surface area (Å²) < 4.78 is 12.3. The molecule has 0 saturated heterocycles. The first kappa shape index (κ1) is 21.0. The Morgan fingerprint density at radius 1 is 1.07 bits per heavy atom. The highest BCUT2D eigenvalue weighted by molar-refractivity contribution is 6.74. The lowest BCUT2D eigenvalue weighted by Crippen LogP contribution is -2.73. The highest BCUT2D eigenvalue weighted by atomic mass is 28.4.